The highest BCUT2D eigenvalue weighted by Crippen LogP contribution is 2.36. The molecule has 3 aromatic rings. The van der Waals surface area contributed by atoms with E-state index < -0.39 is 0 Å². The number of hydrogen-bond acceptors (Lipinski definition) is 3. The predicted octanol–water partition coefficient (Wildman–Crippen LogP) is 4.97. The van der Waals surface area contributed by atoms with Gasteiger partial charge >= 0.3 is 0 Å². The van der Waals surface area contributed by atoms with E-state index >= 15 is 0 Å². The molecule has 3 rings (SSSR count). The Labute approximate surface area is 120 Å². The maximum atomic E-state index is 13.0. The van der Waals surface area contributed by atoms with Crippen molar-refractivity contribution in [2.24, 2.45) is 0 Å². The van der Waals surface area contributed by atoms with Gasteiger partial charge in [-0.2, -0.15) is 0 Å². The SMILES string of the molecule is COc1cc(SC)cc2cc(-c3ccc(F)cc3)oc12. The second kappa shape index (κ2) is 5.21. The Hall–Kier alpha value is -1.94. The molecule has 0 bridgehead atoms. The molecular weight excluding hydrogens is 275 g/mol. The van der Waals surface area contributed by atoms with Crippen molar-refractivity contribution in [1.29, 1.82) is 0 Å². The number of halogens is 1. The summed E-state index contributed by atoms with van der Waals surface area (Å²) in [6.45, 7) is 0. The largest absolute Gasteiger partial charge is 0.493 e. The van der Waals surface area contributed by atoms with Crippen molar-refractivity contribution in [2.45, 2.75) is 4.90 Å². The number of fused-ring (bicyclic) bond motifs is 1. The maximum absolute atomic E-state index is 13.0. The molecule has 0 unspecified atom stereocenters. The van der Waals surface area contributed by atoms with Crippen molar-refractivity contribution in [2.75, 3.05) is 13.4 Å². The van der Waals surface area contributed by atoms with Gasteiger partial charge in [0.05, 0.1) is 7.11 Å². The third kappa shape index (κ3) is 2.27. The lowest BCUT2D eigenvalue weighted by Gasteiger charge is -2.03. The van der Waals surface area contributed by atoms with E-state index in [0.29, 0.717) is 17.1 Å². The minimum atomic E-state index is -0.257. The van der Waals surface area contributed by atoms with Crippen molar-refractivity contribution >= 4 is 22.7 Å². The van der Waals surface area contributed by atoms with Crippen LogP contribution in [0.3, 0.4) is 0 Å². The zero-order valence-corrected chi connectivity index (χ0v) is 12.0. The van der Waals surface area contributed by atoms with E-state index in [4.69, 9.17) is 9.15 Å². The van der Waals surface area contributed by atoms with Crippen molar-refractivity contribution in [3.05, 3.63) is 48.3 Å². The fraction of sp³-hybridized carbons (Fsp3) is 0.125. The summed E-state index contributed by atoms with van der Waals surface area (Å²) in [4.78, 5) is 1.11. The number of rotatable bonds is 3. The van der Waals surface area contributed by atoms with E-state index in [1.165, 1.54) is 12.1 Å². The van der Waals surface area contributed by atoms with E-state index in [2.05, 4.69) is 6.07 Å². The molecule has 0 aliphatic rings. The number of methoxy groups -OCH3 is 1. The van der Waals surface area contributed by atoms with Gasteiger partial charge in [0.25, 0.3) is 0 Å². The highest BCUT2D eigenvalue weighted by atomic mass is 32.2. The van der Waals surface area contributed by atoms with Gasteiger partial charge in [-0.05, 0) is 48.7 Å². The number of ether oxygens (including phenoxy) is 1. The minimum absolute atomic E-state index is 0.257. The fourth-order valence-corrected chi connectivity index (χ4v) is 2.59. The topological polar surface area (TPSA) is 22.4 Å². The monoisotopic (exact) mass is 288 g/mol. The smallest absolute Gasteiger partial charge is 0.176 e. The third-order valence-electron chi connectivity index (χ3n) is 3.14. The number of hydrogen-bond donors (Lipinski definition) is 0. The van der Waals surface area contributed by atoms with Gasteiger partial charge in [0, 0.05) is 15.8 Å². The Morgan fingerprint density at radius 3 is 2.50 bits per heavy atom. The highest BCUT2D eigenvalue weighted by molar-refractivity contribution is 7.98. The molecule has 0 spiro atoms. The van der Waals surface area contributed by atoms with Gasteiger partial charge in [-0.1, -0.05) is 0 Å². The lowest BCUT2D eigenvalue weighted by molar-refractivity contribution is 0.410. The molecule has 0 N–H and O–H groups in total. The summed E-state index contributed by atoms with van der Waals surface area (Å²) in [7, 11) is 1.62. The molecule has 0 saturated heterocycles. The summed E-state index contributed by atoms with van der Waals surface area (Å²) in [6, 6.07) is 12.2. The van der Waals surface area contributed by atoms with Gasteiger partial charge in [-0.25, -0.2) is 4.39 Å². The van der Waals surface area contributed by atoms with Crippen molar-refractivity contribution in [1.82, 2.24) is 0 Å². The molecule has 20 heavy (non-hydrogen) atoms. The minimum Gasteiger partial charge on any atom is -0.493 e. The van der Waals surface area contributed by atoms with Gasteiger partial charge in [0.15, 0.2) is 11.3 Å². The molecule has 2 nitrogen and oxygen atoms in total. The standard InChI is InChI=1S/C16H13FO2S/c1-18-15-9-13(20-2)7-11-8-14(19-16(11)15)10-3-5-12(17)6-4-10/h3-9H,1-2H3. The van der Waals surface area contributed by atoms with Crippen molar-refractivity contribution in [3.63, 3.8) is 0 Å². The molecule has 4 heteroatoms. The van der Waals surface area contributed by atoms with Crippen LogP contribution in [0.5, 0.6) is 5.75 Å². The van der Waals surface area contributed by atoms with Crippen LogP contribution in [-0.2, 0) is 0 Å². The molecule has 1 heterocycles. The Morgan fingerprint density at radius 2 is 1.85 bits per heavy atom. The molecule has 0 aliphatic carbocycles. The molecule has 102 valence electrons. The number of benzene rings is 2. The average molecular weight is 288 g/mol. The van der Waals surface area contributed by atoms with Gasteiger partial charge in [-0.3, -0.25) is 0 Å². The summed E-state index contributed by atoms with van der Waals surface area (Å²) in [6.07, 6.45) is 2.02. The lowest BCUT2D eigenvalue weighted by Crippen LogP contribution is -1.83. The first-order chi connectivity index (χ1) is 9.71. The fourth-order valence-electron chi connectivity index (χ4n) is 2.12. The Kier molecular flexibility index (Phi) is 3.40. The van der Waals surface area contributed by atoms with Crippen LogP contribution in [0, 0.1) is 5.82 Å². The molecule has 1 aromatic heterocycles. The predicted molar refractivity (Wildman–Crippen MR) is 79.9 cm³/mol. The van der Waals surface area contributed by atoms with Crippen molar-refractivity contribution < 1.29 is 13.5 Å². The molecule has 0 aliphatic heterocycles. The summed E-state index contributed by atoms with van der Waals surface area (Å²) in [5.41, 5.74) is 1.56. The molecule has 0 radical (unpaired) electrons. The maximum Gasteiger partial charge on any atom is 0.176 e. The molecule has 0 saturated carbocycles. The lowest BCUT2D eigenvalue weighted by atomic mass is 10.1. The number of furan rings is 1. The summed E-state index contributed by atoms with van der Waals surface area (Å²) in [5.74, 6) is 1.16. The summed E-state index contributed by atoms with van der Waals surface area (Å²) >= 11 is 1.65. The first-order valence-electron chi connectivity index (χ1n) is 6.13. The van der Waals surface area contributed by atoms with E-state index in [0.717, 1.165) is 15.8 Å². The summed E-state index contributed by atoms with van der Waals surface area (Å²) in [5, 5.41) is 0.980. The quantitative estimate of drug-likeness (QED) is 0.635. The average Bonchev–Trinajstić information content (AvgIpc) is 2.90. The van der Waals surface area contributed by atoms with Crippen molar-refractivity contribution in [3.8, 4) is 17.1 Å². The van der Waals surface area contributed by atoms with Gasteiger partial charge in [0.2, 0.25) is 0 Å². The van der Waals surface area contributed by atoms with Crippen LogP contribution >= 0.6 is 11.8 Å². The first-order valence-corrected chi connectivity index (χ1v) is 7.35. The van der Waals surface area contributed by atoms with Crippen LogP contribution in [0.2, 0.25) is 0 Å². The van der Waals surface area contributed by atoms with Crippen LogP contribution in [0.1, 0.15) is 0 Å². The Bertz CT molecular complexity index is 747. The van der Waals surface area contributed by atoms with E-state index in [1.807, 2.05) is 18.4 Å². The van der Waals surface area contributed by atoms with E-state index in [-0.39, 0.29) is 5.82 Å². The van der Waals surface area contributed by atoms with E-state index in [9.17, 15) is 4.39 Å². The van der Waals surface area contributed by atoms with Gasteiger partial charge < -0.3 is 9.15 Å². The summed E-state index contributed by atoms with van der Waals surface area (Å²) < 4.78 is 24.2. The second-order valence-electron chi connectivity index (χ2n) is 4.37. The van der Waals surface area contributed by atoms with Crippen LogP contribution in [0.25, 0.3) is 22.3 Å². The Balaban J connectivity index is 2.16. The van der Waals surface area contributed by atoms with Crippen LogP contribution < -0.4 is 4.74 Å². The molecular formula is C16H13FO2S. The molecule has 0 atom stereocenters. The first kappa shape index (κ1) is 13.1. The van der Waals surface area contributed by atoms with Crippen LogP contribution in [0.15, 0.2) is 51.8 Å². The van der Waals surface area contributed by atoms with Crippen LogP contribution in [0.4, 0.5) is 4.39 Å². The number of thioether (sulfide) groups is 1. The highest BCUT2D eigenvalue weighted by Gasteiger charge is 2.12. The zero-order chi connectivity index (χ0) is 14.1. The van der Waals surface area contributed by atoms with E-state index in [1.54, 1.807) is 31.0 Å². The second-order valence-corrected chi connectivity index (χ2v) is 5.25. The Morgan fingerprint density at radius 1 is 1.10 bits per heavy atom. The third-order valence-corrected chi connectivity index (χ3v) is 3.85. The van der Waals surface area contributed by atoms with Gasteiger partial charge in [0.1, 0.15) is 11.6 Å². The van der Waals surface area contributed by atoms with Gasteiger partial charge in [-0.15, -0.1) is 11.8 Å². The van der Waals surface area contributed by atoms with Crippen LogP contribution in [-0.4, -0.2) is 13.4 Å². The molecule has 0 amide bonds. The normalized spacial score (nSPS) is 10.9. The molecule has 2 aromatic carbocycles. The zero-order valence-electron chi connectivity index (χ0n) is 11.1. The molecule has 0 fully saturated rings.